The molecule has 2 rings (SSSR count). The first kappa shape index (κ1) is 13.0. The van der Waals surface area contributed by atoms with Crippen LogP contribution < -0.4 is 5.11 Å². The molecule has 0 spiro atoms. The van der Waals surface area contributed by atoms with Crippen LogP contribution in [0.2, 0.25) is 0 Å². The maximum Gasteiger partial charge on any atom is 0.294 e. The van der Waals surface area contributed by atoms with E-state index in [2.05, 4.69) is 0 Å². The summed E-state index contributed by atoms with van der Waals surface area (Å²) in [7, 11) is -4.32. The molecule has 2 aromatic rings. The second-order valence-electron chi connectivity index (χ2n) is 3.12. The first-order chi connectivity index (χ1) is 6.98. The molecule has 0 aromatic heterocycles. The molecule has 0 aliphatic heterocycles. The summed E-state index contributed by atoms with van der Waals surface area (Å²) < 4.78 is 30.5. The monoisotopic (exact) mass is 283 g/mol. The third-order valence-electron chi connectivity index (χ3n) is 2.10. The van der Waals surface area contributed by atoms with E-state index in [0.29, 0.717) is 10.8 Å². The van der Waals surface area contributed by atoms with Gasteiger partial charge in [-0.1, -0.05) is 30.0 Å². The molecule has 0 saturated heterocycles. The fourth-order valence-corrected chi connectivity index (χ4v) is 1.93. The molecule has 4 nitrogen and oxygen atoms in total. The van der Waals surface area contributed by atoms with Gasteiger partial charge in [0, 0.05) is 17.9 Å². The molecule has 6 heteroatoms. The molecule has 0 heterocycles. The third-order valence-corrected chi connectivity index (χ3v) is 2.93. The number of benzene rings is 2. The number of fused-ring (bicyclic) bond motifs is 1. The molecule has 16 heavy (non-hydrogen) atoms. The summed E-state index contributed by atoms with van der Waals surface area (Å²) in [5, 5.41) is 12.4. The zero-order chi connectivity index (χ0) is 11.1. The molecule has 2 aromatic carbocycles. The smallest absolute Gasteiger partial charge is 0.294 e. The molecule has 90 valence electrons. The van der Waals surface area contributed by atoms with Gasteiger partial charge >= 0.3 is 0 Å². The van der Waals surface area contributed by atoms with Crippen LogP contribution >= 0.6 is 0 Å². The van der Waals surface area contributed by atoms with Crippen LogP contribution in [0.4, 0.5) is 0 Å². The van der Waals surface area contributed by atoms with Crippen molar-refractivity contribution in [2.24, 2.45) is 0 Å². The van der Waals surface area contributed by atoms with E-state index in [1.807, 2.05) is 0 Å². The van der Waals surface area contributed by atoms with E-state index in [-0.39, 0.29) is 22.8 Å². The minimum atomic E-state index is -4.32. The second-order valence-corrected chi connectivity index (χ2v) is 4.54. The molecule has 1 N–H and O–H groups in total. The summed E-state index contributed by atoms with van der Waals surface area (Å²) in [6.07, 6.45) is 0. The van der Waals surface area contributed by atoms with Crippen LogP contribution in [0.25, 0.3) is 10.8 Å². The predicted octanol–water partition coefficient (Wildman–Crippen LogP) is 1.40. The number of hydrogen-bond donors (Lipinski definition) is 1. The topological polar surface area (TPSA) is 77.4 Å². The Morgan fingerprint density at radius 3 is 2.44 bits per heavy atom. The molecule has 0 atom stereocenters. The molecule has 0 radical (unpaired) electrons. The summed E-state index contributed by atoms with van der Waals surface area (Å²) in [5.41, 5.74) is 0. The Hall–Kier alpha value is -1.10. The first-order valence-electron chi connectivity index (χ1n) is 4.16. The van der Waals surface area contributed by atoms with Gasteiger partial charge in [-0.25, -0.2) is 0 Å². The fourth-order valence-electron chi connectivity index (χ4n) is 1.40. The van der Waals surface area contributed by atoms with Crippen molar-refractivity contribution in [1.82, 2.24) is 0 Å². The van der Waals surface area contributed by atoms with E-state index in [0.717, 1.165) is 6.07 Å². The SMILES string of the molecule is O=S(=O)(O)c1cc([O-])c2ccccc2c1.[HH].[Ni]. The van der Waals surface area contributed by atoms with Gasteiger partial charge in [-0.05, 0) is 22.9 Å². The molecule has 0 aliphatic rings. The minimum Gasteiger partial charge on any atom is -0.872 e. The van der Waals surface area contributed by atoms with Crippen molar-refractivity contribution in [3.63, 3.8) is 0 Å². The van der Waals surface area contributed by atoms with Crippen molar-refractivity contribution in [3.05, 3.63) is 36.4 Å². The maximum atomic E-state index is 11.5. The van der Waals surface area contributed by atoms with Crippen LogP contribution in [0, 0.1) is 0 Å². The van der Waals surface area contributed by atoms with Crippen LogP contribution in [0.3, 0.4) is 0 Å². The van der Waals surface area contributed by atoms with Crippen molar-refractivity contribution in [2.75, 3.05) is 0 Å². The summed E-state index contributed by atoms with van der Waals surface area (Å²) in [5.74, 6) is -0.416. The van der Waals surface area contributed by atoms with Gasteiger partial charge in [0.2, 0.25) is 0 Å². The van der Waals surface area contributed by atoms with Crippen molar-refractivity contribution in [3.8, 4) is 5.75 Å². The molecule has 0 amide bonds. The average Bonchev–Trinajstić information content (AvgIpc) is 2.16. The molecule has 0 fully saturated rings. The van der Waals surface area contributed by atoms with Crippen LogP contribution in [-0.2, 0) is 26.6 Å². The Labute approximate surface area is 104 Å². The minimum absolute atomic E-state index is 0. The van der Waals surface area contributed by atoms with E-state index >= 15 is 0 Å². The summed E-state index contributed by atoms with van der Waals surface area (Å²) in [6.45, 7) is 0. The molecular formula is C10H9NiO4S-. The summed E-state index contributed by atoms with van der Waals surface area (Å²) in [6, 6.07) is 8.78. The van der Waals surface area contributed by atoms with E-state index in [9.17, 15) is 13.5 Å². The van der Waals surface area contributed by atoms with Crippen molar-refractivity contribution < 1.29 is 36.0 Å². The normalized spacial score (nSPS) is 11.1. The van der Waals surface area contributed by atoms with Crippen LogP contribution in [0.15, 0.2) is 41.3 Å². The molecule has 0 unspecified atom stereocenters. The van der Waals surface area contributed by atoms with E-state index in [4.69, 9.17) is 4.55 Å². The van der Waals surface area contributed by atoms with Gasteiger partial charge in [-0.15, -0.1) is 0 Å². The zero-order valence-corrected chi connectivity index (χ0v) is 9.66. The molecular weight excluding hydrogens is 275 g/mol. The van der Waals surface area contributed by atoms with Gasteiger partial charge in [-0.3, -0.25) is 4.55 Å². The average molecular weight is 284 g/mol. The maximum absolute atomic E-state index is 11.5. The Morgan fingerprint density at radius 1 is 1.19 bits per heavy atom. The van der Waals surface area contributed by atoms with E-state index in [1.165, 1.54) is 6.07 Å². The third kappa shape index (κ3) is 2.35. The largest absolute Gasteiger partial charge is 0.872 e. The predicted molar refractivity (Wildman–Crippen MR) is 55.3 cm³/mol. The molecule has 0 saturated carbocycles. The van der Waals surface area contributed by atoms with Crippen LogP contribution in [0.1, 0.15) is 1.43 Å². The van der Waals surface area contributed by atoms with Gasteiger partial charge in [0.25, 0.3) is 10.1 Å². The second kappa shape index (κ2) is 4.41. The summed E-state index contributed by atoms with van der Waals surface area (Å²) in [4.78, 5) is -0.369. The van der Waals surface area contributed by atoms with Gasteiger partial charge in [0.1, 0.15) is 0 Å². The van der Waals surface area contributed by atoms with Gasteiger partial charge < -0.3 is 5.11 Å². The Bertz CT molecular complexity index is 627. The summed E-state index contributed by atoms with van der Waals surface area (Å²) >= 11 is 0. The quantitative estimate of drug-likeness (QED) is 0.634. The first-order valence-corrected chi connectivity index (χ1v) is 5.60. The molecule has 0 bridgehead atoms. The standard InChI is InChI=1S/C10H8O4S.Ni.H2/c11-10-6-8(15(12,13)14)5-7-3-1-2-4-9(7)10;;/h1-6,11H,(H,12,13,14);;1H/p-1. The number of hydrogen-bond acceptors (Lipinski definition) is 3. The number of rotatable bonds is 1. The van der Waals surface area contributed by atoms with Crippen molar-refractivity contribution in [1.29, 1.82) is 0 Å². The Morgan fingerprint density at radius 2 is 1.81 bits per heavy atom. The van der Waals surface area contributed by atoms with Crippen LogP contribution in [-0.4, -0.2) is 13.0 Å². The van der Waals surface area contributed by atoms with Gasteiger partial charge in [-0.2, -0.15) is 8.42 Å². The Kier molecular flexibility index (Phi) is 3.58. The zero-order valence-electron chi connectivity index (χ0n) is 7.86. The van der Waals surface area contributed by atoms with E-state index in [1.54, 1.807) is 24.3 Å². The van der Waals surface area contributed by atoms with Crippen LogP contribution in [0.5, 0.6) is 5.75 Å². The fraction of sp³-hybridized carbons (Fsp3) is 0. The van der Waals surface area contributed by atoms with Crippen molar-refractivity contribution >= 4 is 20.9 Å². The van der Waals surface area contributed by atoms with Gasteiger partial charge in [0.15, 0.2) is 0 Å². The molecule has 0 aliphatic carbocycles. The Balaban J connectivity index is 0.00000128. The van der Waals surface area contributed by atoms with Crippen molar-refractivity contribution in [2.45, 2.75) is 4.90 Å². The van der Waals surface area contributed by atoms with Gasteiger partial charge in [0.05, 0.1) is 4.90 Å². The van der Waals surface area contributed by atoms with E-state index < -0.39 is 15.9 Å².